The smallest absolute Gasteiger partial charge is 0.141 e. The van der Waals surface area contributed by atoms with Crippen molar-refractivity contribution in [3.05, 3.63) is 48.2 Å². The molecule has 3 heteroatoms. The molecule has 2 nitrogen and oxygen atoms in total. The molecule has 1 aromatic carbocycles. The van der Waals surface area contributed by atoms with Gasteiger partial charge in [0, 0.05) is 11.1 Å². The van der Waals surface area contributed by atoms with Crippen molar-refractivity contribution in [2.75, 3.05) is 0 Å². The Bertz CT molecular complexity index is 482. The van der Waals surface area contributed by atoms with Crippen LogP contribution in [0.3, 0.4) is 0 Å². The minimum Gasteiger partial charge on any atom is -0.472 e. The average Bonchev–Trinajstić information content (AvgIpc) is 2.70. The molecular formula is C11H6FNO. The molecule has 0 spiro atoms. The summed E-state index contributed by atoms with van der Waals surface area (Å²) in [7, 11) is 0. The number of rotatable bonds is 1. The largest absolute Gasteiger partial charge is 0.472 e. The zero-order chi connectivity index (χ0) is 9.97. The fourth-order valence-electron chi connectivity index (χ4n) is 1.30. The van der Waals surface area contributed by atoms with Crippen LogP contribution in [0.1, 0.15) is 5.56 Å². The molecule has 0 saturated heterocycles. The fraction of sp³-hybridized carbons (Fsp3) is 0. The molecule has 2 rings (SSSR count). The highest BCUT2D eigenvalue weighted by Gasteiger charge is 2.09. The standard InChI is InChI=1S/C11H6FNO/c12-11-3-1-2-9(10(11)6-13)8-4-5-14-7-8/h1-5,7H. The Morgan fingerprint density at radius 3 is 2.79 bits per heavy atom. The summed E-state index contributed by atoms with van der Waals surface area (Å²) >= 11 is 0. The van der Waals surface area contributed by atoms with Crippen LogP contribution in [0.15, 0.2) is 41.2 Å². The van der Waals surface area contributed by atoms with Crippen LogP contribution >= 0.6 is 0 Å². The monoisotopic (exact) mass is 187 g/mol. The molecule has 0 aliphatic heterocycles. The van der Waals surface area contributed by atoms with Gasteiger partial charge >= 0.3 is 0 Å². The van der Waals surface area contributed by atoms with E-state index in [1.54, 1.807) is 18.2 Å². The Hall–Kier alpha value is -2.08. The van der Waals surface area contributed by atoms with Crippen molar-refractivity contribution in [2.24, 2.45) is 0 Å². The van der Waals surface area contributed by atoms with Gasteiger partial charge in [0.15, 0.2) is 0 Å². The van der Waals surface area contributed by atoms with Gasteiger partial charge in [-0.05, 0) is 12.1 Å². The first-order valence-corrected chi connectivity index (χ1v) is 4.04. The van der Waals surface area contributed by atoms with Crippen molar-refractivity contribution in [3.63, 3.8) is 0 Å². The number of hydrogen-bond donors (Lipinski definition) is 0. The van der Waals surface area contributed by atoms with Crippen molar-refractivity contribution >= 4 is 0 Å². The molecule has 0 radical (unpaired) electrons. The molecule has 2 aromatic rings. The molecule has 0 aliphatic carbocycles. The topological polar surface area (TPSA) is 36.9 Å². The van der Waals surface area contributed by atoms with Gasteiger partial charge in [0.25, 0.3) is 0 Å². The number of benzene rings is 1. The van der Waals surface area contributed by atoms with Gasteiger partial charge in [-0.25, -0.2) is 4.39 Å². The summed E-state index contributed by atoms with van der Waals surface area (Å²) in [6.45, 7) is 0. The van der Waals surface area contributed by atoms with Crippen LogP contribution in [0, 0.1) is 17.1 Å². The van der Waals surface area contributed by atoms with Crippen LogP contribution < -0.4 is 0 Å². The van der Waals surface area contributed by atoms with Crippen molar-refractivity contribution in [2.45, 2.75) is 0 Å². The van der Waals surface area contributed by atoms with E-state index in [2.05, 4.69) is 0 Å². The molecule has 0 saturated carbocycles. The first kappa shape index (κ1) is 8.52. The predicted octanol–water partition coefficient (Wildman–Crippen LogP) is 2.96. The van der Waals surface area contributed by atoms with Gasteiger partial charge in [-0.3, -0.25) is 0 Å². The van der Waals surface area contributed by atoms with E-state index >= 15 is 0 Å². The van der Waals surface area contributed by atoms with E-state index in [0.29, 0.717) is 11.1 Å². The highest BCUT2D eigenvalue weighted by atomic mass is 19.1. The van der Waals surface area contributed by atoms with E-state index in [4.69, 9.17) is 9.68 Å². The molecular weight excluding hydrogens is 181 g/mol. The van der Waals surface area contributed by atoms with Crippen molar-refractivity contribution in [3.8, 4) is 17.2 Å². The molecule has 0 fully saturated rings. The third kappa shape index (κ3) is 1.27. The van der Waals surface area contributed by atoms with Crippen molar-refractivity contribution in [1.29, 1.82) is 5.26 Å². The lowest BCUT2D eigenvalue weighted by Crippen LogP contribution is -1.87. The molecule has 0 bridgehead atoms. The second-order valence-corrected chi connectivity index (χ2v) is 2.79. The third-order valence-electron chi connectivity index (χ3n) is 1.96. The maximum absolute atomic E-state index is 13.2. The molecule has 0 atom stereocenters. The van der Waals surface area contributed by atoms with E-state index < -0.39 is 5.82 Å². The Morgan fingerprint density at radius 1 is 1.29 bits per heavy atom. The van der Waals surface area contributed by atoms with E-state index in [9.17, 15) is 4.39 Å². The molecule has 0 aliphatic rings. The Kier molecular flexibility index (Phi) is 2.04. The average molecular weight is 187 g/mol. The number of furan rings is 1. The van der Waals surface area contributed by atoms with Gasteiger partial charge in [0.1, 0.15) is 11.9 Å². The number of hydrogen-bond acceptors (Lipinski definition) is 2. The second-order valence-electron chi connectivity index (χ2n) is 2.79. The van der Waals surface area contributed by atoms with E-state index in [1.807, 2.05) is 6.07 Å². The van der Waals surface area contributed by atoms with Gasteiger partial charge in [0.05, 0.1) is 18.1 Å². The molecule has 14 heavy (non-hydrogen) atoms. The Morgan fingerprint density at radius 2 is 2.14 bits per heavy atom. The van der Waals surface area contributed by atoms with Crippen LogP contribution in [0.4, 0.5) is 4.39 Å². The van der Waals surface area contributed by atoms with Crippen LogP contribution in [0.25, 0.3) is 11.1 Å². The zero-order valence-corrected chi connectivity index (χ0v) is 7.20. The van der Waals surface area contributed by atoms with Crippen molar-refractivity contribution < 1.29 is 8.81 Å². The van der Waals surface area contributed by atoms with Crippen LogP contribution in [0.2, 0.25) is 0 Å². The van der Waals surface area contributed by atoms with Gasteiger partial charge in [-0.2, -0.15) is 5.26 Å². The van der Waals surface area contributed by atoms with E-state index in [0.717, 1.165) is 0 Å². The summed E-state index contributed by atoms with van der Waals surface area (Å²) in [5, 5.41) is 8.78. The summed E-state index contributed by atoms with van der Waals surface area (Å²) in [5.41, 5.74) is 1.32. The van der Waals surface area contributed by atoms with Crippen LogP contribution in [0.5, 0.6) is 0 Å². The van der Waals surface area contributed by atoms with Crippen molar-refractivity contribution in [1.82, 2.24) is 0 Å². The quantitative estimate of drug-likeness (QED) is 0.688. The zero-order valence-electron chi connectivity index (χ0n) is 7.20. The Balaban J connectivity index is 2.66. The summed E-state index contributed by atoms with van der Waals surface area (Å²) in [6.07, 6.45) is 2.97. The normalized spacial score (nSPS) is 9.71. The molecule has 0 amide bonds. The molecule has 1 heterocycles. The molecule has 68 valence electrons. The van der Waals surface area contributed by atoms with E-state index in [-0.39, 0.29) is 5.56 Å². The van der Waals surface area contributed by atoms with Crippen LogP contribution in [-0.2, 0) is 0 Å². The minimum atomic E-state index is -0.508. The van der Waals surface area contributed by atoms with E-state index in [1.165, 1.54) is 18.6 Å². The minimum absolute atomic E-state index is 0.0499. The Labute approximate surface area is 80.2 Å². The predicted molar refractivity (Wildman–Crippen MR) is 48.8 cm³/mol. The van der Waals surface area contributed by atoms with Gasteiger partial charge < -0.3 is 4.42 Å². The van der Waals surface area contributed by atoms with Gasteiger partial charge in [-0.1, -0.05) is 12.1 Å². The highest BCUT2D eigenvalue weighted by Crippen LogP contribution is 2.25. The third-order valence-corrected chi connectivity index (χ3v) is 1.96. The summed E-state index contributed by atoms with van der Waals surface area (Å²) < 4.78 is 18.1. The number of nitriles is 1. The van der Waals surface area contributed by atoms with Gasteiger partial charge in [0.2, 0.25) is 0 Å². The first-order valence-electron chi connectivity index (χ1n) is 4.04. The maximum Gasteiger partial charge on any atom is 0.141 e. The lowest BCUT2D eigenvalue weighted by molar-refractivity contribution is 0.568. The fourth-order valence-corrected chi connectivity index (χ4v) is 1.30. The van der Waals surface area contributed by atoms with Crippen LogP contribution in [-0.4, -0.2) is 0 Å². The lowest BCUT2D eigenvalue weighted by atomic mass is 10.0. The number of nitrogens with zero attached hydrogens (tertiary/aromatic N) is 1. The SMILES string of the molecule is N#Cc1c(F)cccc1-c1ccoc1. The van der Waals surface area contributed by atoms with Gasteiger partial charge in [-0.15, -0.1) is 0 Å². The molecule has 1 aromatic heterocycles. The second kappa shape index (κ2) is 3.35. The summed E-state index contributed by atoms with van der Waals surface area (Å²) in [5.74, 6) is -0.508. The maximum atomic E-state index is 13.2. The molecule has 0 unspecified atom stereocenters. The highest BCUT2D eigenvalue weighted by molar-refractivity contribution is 5.69. The summed E-state index contributed by atoms with van der Waals surface area (Å²) in [4.78, 5) is 0. The molecule has 0 N–H and O–H groups in total. The first-order chi connectivity index (χ1) is 6.83. The lowest BCUT2D eigenvalue weighted by Gasteiger charge is -2.00. The number of halogens is 1. The summed E-state index contributed by atoms with van der Waals surface area (Å²) in [6, 6.07) is 8.05.